The van der Waals surface area contributed by atoms with E-state index in [0.29, 0.717) is 30.3 Å². The zero-order valence-corrected chi connectivity index (χ0v) is 48.9. The van der Waals surface area contributed by atoms with E-state index in [0.717, 1.165) is 13.0 Å². The van der Waals surface area contributed by atoms with Crippen LogP contribution >= 0.6 is 0 Å². The Kier molecular flexibility index (Phi) is 65.6. The first-order valence-corrected chi connectivity index (χ1v) is 25.1. The minimum Gasteiger partial charge on any atom is -0.396 e. The maximum absolute atomic E-state index is 12.0. The Bertz CT molecular complexity index is 949. The van der Waals surface area contributed by atoms with Crippen molar-refractivity contribution < 1.29 is 85.4 Å². The van der Waals surface area contributed by atoms with Gasteiger partial charge in [-0.1, -0.05) is 132 Å². The van der Waals surface area contributed by atoms with Crippen LogP contribution in [0.2, 0.25) is 0 Å². The van der Waals surface area contributed by atoms with E-state index in [1.807, 2.05) is 123 Å². The zero-order chi connectivity index (χ0) is 58.6. The molecule has 0 aromatic rings. The Balaban J connectivity index is -0.0000000856. The molecule has 0 aromatic heterocycles. The molecule has 0 spiro atoms. The summed E-state index contributed by atoms with van der Waals surface area (Å²) in [6.45, 7) is 38.7. The van der Waals surface area contributed by atoms with Gasteiger partial charge in [0.05, 0.1) is 69.2 Å². The summed E-state index contributed by atoms with van der Waals surface area (Å²) in [4.78, 5) is 1.99. The van der Waals surface area contributed by atoms with Crippen molar-refractivity contribution in [2.45, 2.75) is 187 Å². The van der Waals surface area contributed by atoms with Crippen molar-refractivity contribution in [1.82, 2.24) is 4.90 Å². The monoisotopic (exact) mass is 1040 g/mol. The van der Waals surface area contributed by atoms with E-state index in [2.05, 4.69) is 13.8 Å². The molecule has 16 nitrogen and oxygen atoms in total. The summed E-state index contributed by atoms with van der Waals surface area (Å²) >= 11 is 0. The van der Waals surface area contributed by atoms with Gasteiger partial charge >= 0.3 is 0 Å². The van der Waals surface area contributed by atoms with E-state index in [-0.39, 0.29) is 94.0 Å². The molecule has 0 saturated carbocycles. The number of nitrogens with zero attached hydrogens (tertiary/aromatic N) is 1. The Morgan fingerprint density at radius 1 is 0.400 bits per heavy atom. The summed E-state index contributed by atoms with van der Waals surface area (Å²) in [6.07, 6.45) is -0.333. The lowest BCUT2D eigenvalue weighted by atomic mass is 9.81. The lowest BCUT2D eigenvalue weighted by molar-refractivity contribution is -0.0864. The van der Waals surface area contributed by atoms with Crippen LogP contribution in [0.4, 0.5) is 8.78 Å². The van der Waals surface area contributed by atoms with E-state index in [9.17, 15) is 13.9 Å². The van der Waals surface area contributed by atoms with E-state index in [1.165, 1.54) is 13.8 Å². The Morgan fingerprint density at radius 2 is 0.700 bits per heavy atom. The van der Waals surface area contributed by atoms with Crippen LogP contribution in [0.15, 0.2) is 0 Å². The predicted molar refractivity (Wildman–Crippen MR) is 283 cm³/mol. The van der Waals surface area contributed by atoms with Crippen molar-refractivity contribution in [3.8, 4) is 0 Å². The molecule has 18 heteroatoms. The van der Waals surface area contributed by atoms with Gasteiger partial charge in [0.25, 0.3) is 5.92 Å². The fraction of sp³-hybridized carbons (Fsp3) is 1.00. The molecule has 15 N–H and O–H groups in total. The SMILES string of the molecule is CC(C)C(C)(CO)CO.CC(C)C(CO)CO.CC(C)C(F)(F)CO.CC(C)CCO.CC(C)[C@@H](O)CO.CC(C)[C@@](C)(O)CO.CC(C)[C@H](O)CN(C)C.CC(C)[C@H](O)CO.CC(C)[C@](C)(O)CO. The van der Waals surface area contributed by atoms with Gasteiger partial charge in [0.1, 0.15) is 6.61 Å². The molecular weight excluding hydrogens is 917 g/mol. The molecule has 0 amide bonds. The third-order valence-corrected chi connectivity index (χ3v) is 11.7. The highest BCUT2D eigenvalue weighted by atomic mass is 19.3. The number of hydrogen-bond acceptors (Lipinski definition) is 16. The minimum absolute atomic E-state index is 0.0567. The second-order valence-electron chi connectivity index (χ2n) is 21.9. The van der Waals surface area contributed by atoms with Crippen molar-refractivity contribution in [2.75, 3.05) is 86.7 Å². The summed E-state index contributed by atoms with van der Waals surface area (Å²) in [5.41, 5.74) is -2.11. The van der Waals surface area contributed by atoms with Crippen molar-refractivity contribution in [3.05, 3.63) is 0 Å². The van der Waals surface area contributed by atoms with Crippen LogP contribution in [-0.4, -0.2) is 204 Å². The van der Waals surface area contributed by atoms with E-state index in [4.69, 9.17) is 71.5 Å². The minimum atomic E-state index is -2.90. The molecule has 0 radical (unpaired) electrons. The number of hydrogen-bond donors (Lipinski definition) is 15. The Morgan fingerprint density at radius 3 is 0.714 bits per heavy atom. The highest BCUT2D eigenvalue weighted by Crippen LogP contribution is 2.25. The summed E-state index contributed by atoms with van der Waals surface area (Å²) < 4.78 is 24.1. The fourth-order valence-corrected chi connectivity index (χ4v) is 2.71. The first kappa shape index (κ1) is 88.8. The lowest BCUT2D eigenvalue weighted by Gasteiger charge is -2.28. The Hall–Kier alpha value is -0.780. The average molecular weight is 1040 g/mol. The molecule has 0 aliphatic heterocycles. The third-order valence-electron chi connectivity index (χ3n) is 11.7. The van der Waals surface area contributed by atoms with Crippen molar-refractivity contribution >= 4 is 0 Å². The molecule has 0 aliphatic rings. The first-order valence-electron chi connectivity index (χ1n) is 25.1. The summed E-state index contributed by atoms with van der Waals surface area (Å²) in [5.74, 6) is -1.31. The van der Waals surface area contributed by atoms with Crippen molar-refractivity contribution in [3.63, 3.8) is 0 Å². The molecule has 70 heavy (non-hydrogen) atoms. The lowest BCUT2D eigenvalue weighted by Crippen LogP contribution is -2.34. The van der Waals surface area contributed by atoms with Gasteiger partial charge in [-0.05, 0) is 81.7 Å². The second kappa shape index (κ2) is 51.7. The van der Waals surface area contributed by atoms with Crippen LogP contribution in [0.5, 0.6) is 0 Å². The largest absolute Gasteiger partial charge is 0.396 e. The van der Waals surface area contributed by atoms with Crippen LogP contribution in [-0.2, 0) is 0 Å². The van der Waals surface area contributed by atoms with Crippen molar-refractivity contribution in [1.29, 1.82) is 0 Å². The molecule has 438 valence electrons. The predicted octanol–water partition coefficient (Wildman–Crippen LogP) is 4.50. The molecule has 0 saturated heterocycles. The fourth-order valence-electron chi connectivity index (χ4n) is 2.71. The van der Waals surface area contributed by atoms with Gasteiger partial charge in [-0.2, -0.15) is 0 Å². The molecule has 0 bridgehead atoms. The van der Waals surface area contributed by atoms with Crippen LogP contribution in [0.1, 0.15) is 152 Å². The number of halogens is 2. The standard InChI is InChI=1S/C7H17NO.C7H16O2.3C6H14O2.C5H10F2O.2C5H12O2.C5H12O/c1-6(2)7(9)5-8(3)4;1-6(2)7(3,4-8)5-9;2*1-5(2)6(3,8)4-7;1-5(2)6(3-7)4-8;1-4(2)5(6,7)3-8;2*1-4(2)5(7)3-6;1-5(2)3-4-6/h6-7,9H,5H2,1-4H3;6,8-9H,4-5H2,1-3H3;2*5,7-8H,4H2,1-3H3;5-8H,3-4H2,1-2H3;4,8H,3H2,1-2H3;2*4-7H,3H2,1-2H3;5-6H,3-4H2,1-2H3/t7-;;2*6-;;;2*5-;/m1.10..10./s1. The topological polar surface area (TPSA) is 307 Å². The van der Waals surface area contributed by atoms with Gasteiger partial charge in [-0.25, -0.2) is 8.78 Å². The van der Waals surface area contributed by atoms with Crippen LogP contribution in [0.25, 0.3) is 0 Å². The number of alkyl halides is 2. The summed E-state index contributed by atoms with van der Waals surface area (Å²) in [7, 11) is 3.93. The summed E-state index contributed by atoms with van der Waals surface area (Å²) in [5, 5.41) is 129. The second-order valence-corrected chi connectivity index (χ2v) is 21.9. The van der Waals surface area contributed by atoms with E-state index in [1.54, 1.807) is 13.8 Å². The van der Waals surface area contributed by atoms with Gasteiger partial charge in [-0.15, -0.1) is 0 Å². The van der Waals surface area contributed by atoms with E-state index < -0.39 is 41.9 Å². The molecule has 0 heterocycles. The van der Waals surface area contributed by atoms with E-state index >= 15 is 0 Å². The third kappa shape index (κ3) is 61.5. The molecule has 5 atom stereocenters. The molecule has 0 fully saturated rings. The van der Waals surface area contributed by atoms with Gasteiger partial charge in [0, 0.05) is 43.6 Å². The first-order chi connectivity index (χ1) is 31.5. The maximum Gasteiger partial charge on any atom is 0.272 e. The van der Waals surface area contributed by atoms with Gasteiger partial charge in [-0.3, -0.25) is 0 Å². The quantitative estimate of drug-likeness (QED) is 0.0753. The number of likely N-dealkylation sites (N-methyl/N-ethyl adjacent to an activating group) is 1. The maximum atomic E-state index is 12.0. The van der Waals surface area contributed by atoms with Crippen LogP contribution in [0, 0.1) is 64.6 Å². The average Bonchev–Trinajstić information content (AvgIpc) is 3.26. The molecule has 0 aromatic carbocycles. The normalized spacial score (nSPS) is 14.4. The van der Waals surface area contributed by atoms with Gasteiger partial charge in [0.2, 0.25) is 0 Å². The molecule has 0 rings (SSSR count). The van der Waals surface area contributed by atoms with Crippen LogP contribution in [0.3, 0.4) is 0 Å². The number of aliphatic hydroxyl groups excluding tert-OH is 13. The number of rotatable bonds is 21. The van der Waals surface area contributed by atoms with Crippen LogP contribution < -0.4 is 0 Å². The van der Waals surface area contributed by atoms with Gasteiger partial charge in [0.15, 0.2) is 0 Å². The smallest absolute Gasteiger partial charge is 0.272 e. The molecular formula is C52H121F2NO15. The number of aliphatic hydroxyl groups is 15. The zero-order valence-electron chi connectivity index (χ0n) is 48.9. The van der Waals surface area contributed by atoms with Gasteiger partial charge < -0.3 is 81.5 Å². The highest BCUT2D eigenvalue weighted by Gasteiger charge is 2.31. The molecule has 0 unspecified atom stereocenters. The Labute approximate surface area is 427 Å². The summed E-state index contributed by atoms with van der Waals surface area (Å²) in [6, 6.07) is 0. The molecule has 0 aliphatic carbocycles. The highest BCUT2D eigenvalue weighted by molar-refractivity contribution is 4.76. The van der Waals surface area contributed by atoms with Crippen molar-refractivity contribution in [2.24, 2.45) is 64.6 Å².